The summed E-state index contributed by atoms with van der Waals surface area (Å²) in [7, 11) is 0. The monoisotopic (exact) mass is 309 g/mol. The minimum Gasteiger partial charge on any atom is -0.385 e. The third kappa shape index (κ3) is 2.20. The molecule has 1 aromatic rings. The topological polar surface area (TPSA) is 63.4 Å². The Labute approximate surface area is 103 Å². The van der Waals surface area contributed by atoms with Gasteiger partial charge >= 0.3 is 0 Å². The standard InChI is InChI=1S/C8H8BrNO3S2/c9-6-2-1-5(15-6)8-7(10(12)13)4(11)3-14-8/h1-2,4,7-8,11H,3H2/t4?,7-,8+/m0/s1. The minimum atomic E-state index is -0.874. The van der Waals surface area contributed by atoms with Gasteiger partial charge in [-0.2, -0.15) is 0 Å². The van der Waals surface area contributed by atoms with Gasteiger partial charge in [-0.3, -0.25) is 10.1 Å². The quantitative estimate of drug-likeness (QED) is 0.672. The molecule has 1 saturated heterocycles. The van der Waals surface area contributed by atoms with E-state index >= 15 is 0 Å². The molecule has 1 aliphatic heterocycles. The first-order chi connectivity index (χ1) is 7.09. The summed E-state index contributed by atoms with van der Waals surface area (Å²) >= 11 is 6.27. The Balaban J connectivity index is 2.25. The van der Waals surface area contributed by atoms with Crippen molar-refractivity contribution in [3.8, 4) is 0 Å². The first-order valence-electron chi connectivity index (χ1n) is 4.28. The number of nitro groups is 1. The SMILES string of the molecule is O=[N+]([O-])[C@H]1C(O)CS[C@@H]1c1ccc(Br)s1. The van der Waals surface area contributed by atoms with Gasteiger partial charge < -0.3 is 5.11 Å². The maximum absolute atomic E-state index is 10.8. The van der Waals surface area contributed by atoms with E-state index in [1.54, 1.807) is 0 Å². The van der Waals surface area contributed by atoms with E-state index in [2.05, 4.69) is 15.9 Å². The van der Waals surface area contributed by atoms with Gasteiger partial charge in [0, 0.05) is 15.6 Å². The Hall–Kier alpha value is -0.110. The van der Waals surface area contributed by atoms with Gasteiger partial charge in [-0.1, -0.05) is 0 Å². The van der Waals surface area contributed by atoms with Crippen LogP contribution in [0.1, 0.15) is 10.1 Å². The number of halogens is 1. The molecule has 0 aromatic carbocycles. The van der Waals surface area contributed by atoms with Crippen molar-refractivity contribution in [1.82, 2.24) is 0 Å². The molecule has 0 saturated carbocycles. The molecule has 1 fully saturated rings. The second-order valence-electron chi connectivity index (χ2n) is 3.24. The molecule has 15 heavy (non-hydrogen) atoms. The van der Waals surface area contributed by atoms with Crippen molar-refractivity contribution in [1.29, 1.82) is 0 Å². The van der Waals surface area contributed by atoms with Crippen LogP contribution in [0.4, 0.5) is 0 Å². The first-order valence-corrected chi connectivity index (χ1v) is 6.94. The molecule has 1 N–H and O–H groups in total. The number of hydrogen-bond donors (Lipinski definition) is 1. The lowest BCUT2D eigenvalue weighted by molar-refractivity contribution is -0.531. The highest BCUT2D eigenvalue weighted by molar-refractivity contribution is 9.11. The Morgan fingerprint density at radius 1 is 1.60 bits per heavy atom. The van der Waals surface area contributed by atoms with Crippen LogP contribution in [0.2, 0.25) is 0 Å². The predicted molar refractivity (Wildman–Crippen MR) is 64.0 cm³/mol. The lowest BCUT2D eigenvalue weighted by Gasteiger charge is -2.11. The number of rotatable bonds is 2. The van der Waals surface area contributed by atoms with E-state index in [0.29, 0.717) is 5.75 Å². The van der Waals surface area contributed by atoms with Crippen LogP contribution in [0.3, 0.4) is 0 Å². The van der Waals surface area contributed by atoms with Crippen LogP contribution in [-0.2, 0) is 0 Å². The highest BCUT2D eigenvalue weighted by Crippen LogP contribution is 2.44. The Morgan fingerprint density at radius 3 is 2.87 bits per heavy atom. The van der Waals surface area contributed by atoms with Crippen LogP contribution in [-0.4, -0.2) is 27.9 Å². The van der Waals surface area contributed by atoms with Gasteiger partial charge in [0.2, 0.25) is 0 Å². The van der Waals surface area contributed by atoms with Crippen molar-refractivity contribution in [2.75, 3.05) is 5.75 Å². The highest BCUT2D eigenvalue weighted by Gasteiger charge is 2.46. The number of aliphatic hydroxyl groups excluding tert-OH is 1. The lowest BCUT2D eigenvalue weighted by Crippen LogP contribution is -2.33. The molecule has 0 amide bonds. The molecule has 4 nitrogen and oxygen atoms in total. The zero-order chi connectivity index (χ0) is 11.0. The van der Waals surface area contributed by atoms with Crippen LogP contribution in [0.25, 0.3) is 0 Å². The summed E-state index contributed by atoms with van der Waals surface area (Å²) in [4.78, 5) is 11.4. The van der Waals surface area contributed by atoms with E-state index in [4.69, 9.17) is 0 Å². The van der Waals surface area contributed by atoms with Crippen molar-refractivity contribution >= 4 is 39.0 Å². The van der Waals surface area contributed by atoms with E-state index < -0.39 is 12.1 Å². The van der Waals surface area contributed by atoms with Gasteiger partial charge in [0.25, 0.3) is 6.04 Å². The van der Waals surface area contributed by atoms with Crippen LogP contribution < -0.4 is 0 Å². The largest absolute Gasteiger partial charge is 0.385 e. The zero-order valence-electron chi connectivity index (χ0n) is 7.50. The molecule has 3 atom stereocenters. The van der Waals surface area contributed by atoms with Crippen LogP contribution >= 0.6 is 39.0 Å². The van der Waals surface area contributed by atoms with Gasteiger partial charge in [0.05, 0.1) is 3.79 Å². The molecule has 0 aliphatic carbocycles. The maximum atomic E-state index is 10.8. The molecule has 82 valence electrons. The normalized spacial score (nSPS) is 30.7. The first kappa shape index (κ1) is 11.4. The summed E-state index contributed by atoms with van der Waals surface area (Å²) < 4.78 is 0.960. The number of hydrogen-bond acceptors (Lipinski definition) is 5. The Kier molecular flexibility index (Phi) is 3.34. The van der Waals surface area contributed by atoms with Gasteiger partial charge in [0.15, 0.2) is 0 Å². The number of aliphatic hydroxyl groups is 1. The third-order valence-corrected chi connectivity index (χ3v) is 5.55. The van der Waals surface area contributed by atoms with Gasteiger partial charge in [-0.05, 0) is 28.1 Å². The molecular formula is C8H8BrNO3S2. The molecule has 7 heteroatoms. The second-order valence-corrected chi connectivity index (χ2v) is 6.91. The molecule has 2 heterocycles. The summed E-state index contributed by atoms with van der Waals surface area (Å²) in [5.74, 6) is 0.436. The van der Waals surface area contributed by atoms with E-state index in [1.165, 1.54) is 23.1 Å². The summed E-state index contributed by atoms with van der Waals surface area (Å²) in [6.45, 7) is 0. The van der Waals surface area contributed by atoms with Crippen molar-refractivity contribution in [3.05, 3.63) is 30.9 Å². The van der Waals surface area contributed by atoms with Gasteiger partial charge in [-0.15, -0.1) is 23.1 Å². The molecule has 0 radical (unpaired) electrons. The molecule has 1 aliphatic rings. The lowest BCUT2D eigenvalue weighted by atomic mass is 10.1. The summed E-state index contributed by atoms with van der Waals surface area (Å²) in [5.41, 5.74) is 0. The van der Waals surface area contributed by atoms with Crippen LogP contribution in [0, 0.1) is 10.1 Å². The fourth-order valence-electron chi connectivity index (χ4n) is 1.58. The van der Waals surface area contributed by atoms with E-state index in [0.717, 1.165) is 8.66 Å². The minimum absolute atomic E-state index is 0.216. The van der Waals surface area contributed by atoms with Crippen molar-refractivity contribution in [3.63, 3.8) is 0 Å². The summed E-state index contributed by atoms with van der Waals surface area (Å²) in [6.07, 6.45) is -0.837. The molecule has 0 spiro atoms. The smallest absolute Gasteiger partial charge is 0.255 e. The summed E-state index contributed by atoms with van der Waals surface area (Å²) in [5, 5.41) is 20.1. The number of thiophene rings is 1. The second kappa shape index (κ2) is 4.40. The average molecular weight is 310 g/mol. The molecule has 1 unspecified atom stereocenters. The fraction of sp³-hybridized carbons (Fsp3) is 0.500. The van der Waals surface area contributed by atoms with Crippen molar-refractivity contribution in [2.45, 2.75) is 17.4 Å². The van der Waals surface area contributed by atoms with E-state index in [9.17, 15) is 15.2 Å². The van der Waals surface area contributed by atoms with Crippen molar-refractivity contribution < 1.29 is 10.0 Å². The average Bonchev–Trinajstić information content (AvgIpc) is 2.71. The summed E-state index contributed by atoms with van der Waals surface area (Å²) in [6, 6.07) is 2.88. The van der Waals surface area contributed by atoms with Crippen LogP contribution in [0.5, 0.6) is 0 Å². The third-order valence-electron chi connectivity index (χ3n) is 2.27. The molecular weight excluding hydrogens is 302 g/mol. The van der Waals surface area contributed by atoms with Crippen LogP contribution in [0.15, 0.2) is 15.9 Å². The Bertz CT molecular complexity index is 384. The fourth-order valence-corrected chi connectivity index (χ4v) is 4.70. The molecule has 0 bridgehead atoms. The van der Waals surface area contributed by atoms with Gasteiger partial charge in [-0.25, -0.2) is 0 Å². The number of nitrogens with zero attached hydrogens (tertiary/aromatic N) is 1. The Morgan fingerprint density at radius 2 is 2.33 bits per heavy atom. The predicted octanol–water partition coefficient (Wildman–Crippen LogP) is 2.30. The van der Waals surface area contributed by atoms with Crippen molar-refractivity contribution in [2.24, 2.45) is 0 Å². The number of thioether (sulfide) groups is 1. The zero-order valence-corrected chi connectivity index (χ0v) is 10.7. The molecule has 1 aromatic heterocycles. The molecule has 2 rings (SSSR count). The maximum Gasteiger partial charge on any atom is 0.255 e. The van der Waals surface area contributed by atoms with E-state index in [1.807, 2.05) is 12.1 Å². The van der Waals surface area contributed by atoms with Gasteiger partial charge in [0.1, 0.15) is 11.4 Å². The highest BCUT2D eigenvalue weighted by atomic mass is 79.9. The van der Waals surface area contributed by atoms with E-state index in [-0.39, 0.29) is 10.2 Å².